The van der Waals surface area contributed by atoms with E-state index in [0.29, 0.717) is 0 Å². The predicted molar refractivity (Wildman–Crippen MR) is 106 cm³/mol. The zero-order valence-corrected chi connectivity index (χ0v) is 16.0. The third-order valence-corrected chi connectivity index (χ3v) is 5.04. The molecule has 0 aliphatic carbocycles. The van der Waals surface area contributed by atoms with Gasteiger partial charge in [0, 0.05) is 5.56 Å². The number of piperazine rings is 1. The molecule has 1 saturated heterocycles. The summed E-state index contributed by atoms with van der Waals surface area (Å²) in [6.07, 6.45) is 2.28. The first kappa shape index (κ1) is 18.6. The second kappa shape index (κ2) is 9.48. The summed E-state index contributed by atoms with van der Waals surface area (Å²) in [6, 6.07) is 16.9. The van der Waals surface area contributed by atoms with E-state index >= 15 is 0 Å². The molecule has 1 aliphatic heterocycles. The molecule has 140 valence electrons. The van der Waals surface area contributed by atoms with Crippen LogP contribution >= 0.6 is 0 Å². The van der Waals surface area contributed by atoms with Crippen LogP contribution in [0.4, 0.5) is 5.69 Å². The molecule has 3 rings (SSSR count). The number of anilines is 1. The van der Waals surface area contributed by atoms with Crippen LogP contribution in [0.2, 0.25) is 0 Å². The molecule has 0 saturated carbocycles. The highest BCUT2D eigenvalue weighted by atomic mass is 16.5. The number of ether oxygens (including phenoxy) is 2. The maximum atomic E-state index is 5.75. The minimum absolute atomic E-state index is 0.812. The van der Waals surface area contributed by atoms with E-state index in [1.54, 1.807) is 12.0 Å². The molecule has 2 aromatic rings. The van der Waals surface area contributed by atoms with Crippen molar-refractivity contribution in [1.29, 1.82) is 0 Å². The van der Waals surface area contributed by atoms with Crippen LogP contribution in [0.3, 0.4) is 0 Å². The van der Waals surface area contributed by atoms with Crippen molar-refractivity contribution in [2.75, 3.05) is 44.8 Å². The fourth-order valence-corrected chi connectivity index (χ4v) is 3.46. The third-order valence-electron chi connectivity index (χ3n) is 5.04. The Morgan fingerprint density at radius 2 is 1.73 bits per heavy atom. The first-order chi connectivity index (χ1) is 12.8. The topological polar surface area (TPSA) is 26.1 Å². The molecule has 1 aliphatic rings. The lowest BCUT2D eigenvalue weighted by Crippen LogP contribution is -3.13. The summed E-state index contributed by atoms with van der Waals surface area (Å²) >= 11 is 0. The fourth-order valence-electron chi connectivity index (χ4n) is 3.46. The van der Waals surface area contributed by atoms with Crippen molar-refractivity contribution in [1.82, 2.24) is 0 Å². The quantitative estimate of drug-likeness (QED) is 0.738. The van der Waals surface area contributed by atoms with E-state index < -0.39 is 0 Å². The largest absolute Gasteiger partial charge is 0.495 e. The van der Waals surface area contributed by atoms with Crippen LogP contribution in [0, 0.1) is 0 Å². The number of hydrogen-bond acceptors (Lipinski definition) is 3. The van der Waals surface area contributed by atoms with Crippen LogP contribution in [-0.4, -0.2) is 39.9 Å². The SMILES string of the molecule is CCCCOc1ccc(C[NH+]2CCN(c3ccccc3OC)CC2)cc1. The number of para-hydroxylation sites is 2. The van der Waals surface area contributed by atoms with Gasteiger partial charge in [-0.05, 0) is 42.8 Å². The second-order valence-corrected chi connectivity index (χ2v) is 6.93. The second-order valence-electron chi connectivity index (χ2n) is 6.93. The van der Waals surface area contributed by atoms with Crippen molar-refractivity contribution < 1.29 is 14.4 Å². The molecule has 1 N–H and O–H groups in total. The van der Waals surface area contributed by atoms with Gasteiger partial charge in [-0.25, -0.2) is 0 Å². The highest BCUT2D eigenvalue weighted by molar-refractivity contribution is 5.58. The molecule has 26 heavy (non-hydrogen) atoms. The van der Waals surface area contributed by atoms with Gasteiger partial charge in [0.15, 0.2) is 0 Å². The highest BCUT2D eigenvalue weighted by Crippen LogP contribution is 2.27. The number of rotatable bonds is 8. The van der Waals surface area contributed by atoms with Crippen molar-refractivity contribution >= 4 is 5.69 Å². The Balaban J connectivity index is 1.49. The Morgan fingerprint density at radius 3 is 2.42 bits per heavy atom. The molecule has 0 bridgehead atoms. The van der Waals surface area contributed by atoms with Gasteiger partial charge in [-0.1, -0.05) is 25.5 Å². The number of methoxy groups -OCH3 is 1. The van der Waals surface area contributed by atoms with Gasteiger partial charge in [0.25, 0.3) is 0 Å². The summed E-state index contributed by atoms with van der Waals surface area (Å²) in [7, 11) is 1.75. The van der Waals surface area contributed by atoms with E-state index in [1.807, 2.05) is 12.1 Å². The van der Waals surface area contributed by atoms with Crippen molar-refractivity contribution in [2.45, 2.75) is 26.3 Å². The molecule has 0 radical (unpaired) electrons. The van der Waals surface area contributed by atoms with Gasteiger partial charge in [-0.2, -0.15) is 0 Å². The van der Waals surface area contributed by atoms with Gasteiger partial charge in [0.05, 0.1) is 45.6 Å². The zero-order chi connectivity index (χ0) is 18.2. The molecule has 2 aromatic carbocycles. The van der Waals surface area contributed by atoms with Crippen LogP contribution in [0.15, 0.2) is 48.5 Å². The Hall–Kier alpha value is -2.20. The maximum Gasteiger partial charge on any atom is 0.142 e. The Morgan fingerprint density at radius 1 is 1.00 bits per heavy atom. The maximum absolute atomic E-state index is 5.75. The summed E-state index contributed by atoms with van der Waals surface area (Å²) in [5, 5.41) is 0. The minimum Gasteiger partial charge on any atom is -0.495 e. The van der Waals surface area contributed by atoms with Gasteiger partial charge in [0.2, 0.25) is 0 Å². The zero-order valence-electron chi connectivity index (χ0n) is 16.0. The summed E-state index contributed by atoms with van der Waals surface area (Å²) in [4.78, 5) is 4.07. The lowest BCUT2D eigenvalue weighted by Gasteiger charge is -2.34. The molecular weight excluding hydrogens is 324 g/mol. The normalized spacial score (nSPS) is 15.1. The molecule has 1 heterocycles. The van der Waals surface area contributed by atoms with Gasteiger partial charge < -0.3 is 19.3 Å². The van der Waals surface area contributed by atoms with Crippen LogP contribution in [0.1, 0.15) is 25.3 Å². The van der Waals surface area contributed by atoms with Crippen molar-refractivity contribution in [3.05, 3.63) is 54.1 Å². The van der Waals surface area contributed by atoms with E-state index in [1.165, 1.54) is 17.7 Å². The monoisotopic (exact) mass is 355 g/mol. The lowest BCUT2D eigenvalue weighted by molar-refractivity contribution is -0.914. The van der Waals surface area contributed by atoms with E-state index in [0.717, 1.165) is 57.3 Å². The summed E-state index contributed by atoms with van der Waals surface area (Å²) in [5.41, 5.74) is 2.59. The molecule has 0 aromatic heterocycles. The van der Waals surface area contributed by atoms with Crippen molar-refractivity contribution in [2.24, 2.45) is 0 Å². The Kier molecular flexibility index (Phi) is 6.78. The first-order valence-corrected chi connectivity index (χ1v) is 9.73. The molecule has 0 amide bonds. The van der Waals surface area contributed by atoms with E-state index in [2.05, 4.69) is 48.2 Å². The fraction of sp³-hybridized carbons (Fsp3) is 0.455. The minimum atomic E-state index is 0.812. The van der Waals surface area contributed by atoms with Crippen LogP contribution in [-0.2, 0) is 6.54 Å². The number of benzene rings is 2. The number of unbranched alkanes of at least 4 members (excludes halogenated alkanes) is 1. The average Bonchev–Trinajstić information content (AvgIpc) is 2.70. The molecule has 0 spiro atoms. The standard InChI is InChI=1S/C22H30N2O2/c1-3-4-17-26-20-11-9-19(10-12-20)18-23-13-15-24(16-14-23)21-7-5-6-8-22(21)25-2/h5-12H,3-4,13-18H2,1-2H3/p+1. The molecular formula is C22H31N2O2+. The number of nitrogens with zero attached hydrogens (tertiary/aromatic N) is 1. The van der Waals surface area contributed by atoms with Gasteiger partial charge in [-0.3, -0.25) is 0 Å². The van der Waals surface area contributed by atoms with E-state index in [9.17, 15) is 0 Å². The predicted octanol–water partition coefficient (Wildman–Crippen LogP) is 2.78. The lowest BCUT2D eigenvalue weighted by atomic mass is 10.1. The highest BCUT2D eigenvalue weighted by Gasteiger charge is 2.22. The molecule has 0 atom stereocenters. The number of quaternary nitrogens is 1. The van der Waals surface area contributed by atoms with Gasteiger partial charge in [-0.15, -0.1) is 0 Å². The number of nitrogens with one attached hydrogen (secondary N) is 1. The molecule has 0 unspecified atom stereocenters. The Bertz CT molecular complexity index is 664. The van der Waals surface area contributed by atoms with Crippen LogP contribution in [0.5, 0.6) is 11.5 Å². The van der Waals surface area contributed by atoms with Gasteiger partial charge in [0.1, 0.15) is 18.0 Å². The molecule has 4 heteroatoms. The average molecular weight is 356 g/mol. The molecule has 1 fully saturated rings. The van der Waals surface area contributed by atoms with E-state index in [-0.39, 0.29) is 0 Å². The Labute approximate surface area is 157 Å². The summed E-state index contributed by atoms with van der Waals surface area (Å²) in [5.74, 6) is 1.95. The van der Waals surface area contributed by atoms with Crippen LogP contribution < -0.4 is 19.3 Å². The van der Waals surface area contributed by atoms with Gasteiger partial charge >= 0.3 is 0 Å². The van der Waals surface area contributed by atoms with Crippen LogP contribution in [0.25, 0.3) is 0 Å². The van der Waals surface area contributed by atoms with Crippen molar-refractivity contribution in [3.63, 3.8) is 0 Å². The van der Waals surface area contributed by atoms with Crippen molar-refractivity contribution in [3.8, 4) is 11.5 Å². The summed E-state index contributed by atoms with van der Waals surface area (Å²) < 4.78 is 11.3. The first-order valence-electron chi connectivity index (χ1n) is 9.73. The number of hydrogen-bond donors (Lipinski definition) is 1. The smallest absolute Gasteiger partial charge is 0.142 e. The van der Waals surface area contributed by atoms with E-state index in [4.69, 9.17) is 9.47 Å². The molecule has 4 nitrogen and oxygen atoms in total. The summed E-state index contributed by atoms with van der Waals surface area (Å²) in [6.45, 7) is 8.49. The third kappa shape index (κ3) is 4.92.